The average molecular weight is 510 g/mol. The Hall–Kier alpha value is -2.77. The minimum Gasteiger partial charge on any atom is -0.459 e. The van der Waals surface area contributed by atoms with Crippen LogP contribution in [0.2, 0.25) is 0 Å². The summed E-state index contributed by atoms with van der Waals surface area (Å²) in [6.07, 6.45) is 2.57. The molecule has 1 saturated heterocycles. The Labute approximate surface area is 219 Å². The molecule has 2 aliphatic carbocycles. The van der Waals surface area contributed by atoms with Crippen molar-refractivity contribution in [2.45, 2.75) is 77.2 Å². The van der Waals surface area contributed by atoms with Crippen molar-refractivity contribution in [1.29, 1.82) is 0 Å². The number of Topliss-reactive ketones (excluding diaryl/α,β-unsaturated/α-hetero) is 1. The van der Waals surface area contributed by atoms with Crippen molar-refractivity contribution in [3.05, 3.63) is 60.2 Å². The summed E-state index contributed by atoms with van der Waals surface area (Å²) < 4.78 is 5.51. The van der Waals surface area contributed by atoms with Crippen molar-refractivity contribution in [2.24, 2.45) is 29.1 Å². The van der Waals surface area contributed by atoms with Gasteiger partial charge >= 0.3 is 5.97 Å². The van der Waals surface area contributed by atoms with Gasteiger partial charge in [0.15, 0.2) is 5.78 Å². The number of rotatable bonds is 3. The lowest BCUT2D eigenvalue weighted by Gasteiger charge is -2.49. The highest BCUT2D eigenvalue weighted by atomic mass is 16.6. The molecular weight excluding hydrogens is 470 g/mol. The van der Waals surface area contributed by atoms with Crippen LogP contribution >= 0.6 is 0 Å². The summed E-state index contributed by atoms with van der Waals surface area (Å²) in [5.41, 5.74) is -1.43. The number of aliphatic hydroxyl groups is 2. The number of hydrogen-bond donors (Lipinski definition) is 3. The number of hydrogen-bond acceptors (Lipinski definition) is 6. The molecule has 200 valence electrons. The van der Waals surface area contributed by atoms with Gasteiger partial charge in [0, 0.05) is 31.2 Å². The van der Waals surface area contributed by atoms with Crippen LogP contribution < -0.4 is 5.32 Å². The second-order valence-electron chi connectivity index (χ2n) is 11.6. The molecule has 3 aliphatic rings. The molecule has 1 heterocycles. The van der Waals surface area contributed by atoms with E-state index in [2.05, 4.69) is 11.9 Å². The van der Waals surface area contributed by atoms with Gasteiger partial charge in [0.1, 0.15) is 11.5 Å². The predicted octanol–water partition coefficient (Wildman–Crippen LogP) is 3.14. The Kier molecular flexibility index (Phi) is 7.50. The lowest BCUT2D eigenvalue weighted by Crippen LogP contribution is -2.59. The maximum Gasteiger partial charge on any atom is 0.303 e. The predicted molar refractivity (Wildman–Crippen MR) is 139 cm³/mol. The van der Waals surface area contributed by atoms with Crippen LogP contribution in [0.1, 0.15) is 52.5 Å². The molecule has 1 aromatic rings. The van der Waals surface area contributed by atoms with E-state index in [4.69, 9.17) is 4.74 Å². The third kappa shape index (κ3) is 4.79. The lowest BCUT2D eigenvalue weighted by atomic mass is 9.51. The molecule has 1 amide bonds. The van der Waals surface area contributed by atoms with Crippen LogP contribution in [0.25, 0.3) is 0 Å². The summed E-state index contributed by atoms with van der Waals surface area (Å²) in [6.45, 7) is 10.9. The molecule has 4 rings (SSSR count). The molecular formula is C30H39NO6. The van der Waals surface area contributed by atoms with Crippen molar-refractivity contribution < 1.29 is 29.3 Å². The van der Waals surface area contributed by atoms with Crippen LogP contribution in [-0.4, -0.2) is 51.7 Å². The second kappa shape index (κ2) is 10.2. The molecule has 0 radical (unpaired) electrons. The quantitative estimate of drug-likeness (QED) is 0.328. The number of amides is 1. The topological polar surface area (TPSA) is 113 Å². The molecule has 7 heteroatoms. The first-order chi connectivity index (χ1) is 17.4. The Morgan fingerprint density at radius 2 is 1.89 bits per heavy atom. The first kappa shape index (κ1) is 27.3. The van der Waals surface area contributed by atoms with Crippen LogP contribution in [0, 0.1) is 29.1 Å². The molecule has 2 fully saturated rings. The number of benzene rings is 1. The third-order valence-electron chi connectivity index (χ3n) is 8.80. The van der Waals surface area contributed by atoms with E-state index in [1.807, 2.05) is 50.3 Å². The van der Waals surface area contributed by atoms with Crippen molar-refractivity contribution in [2.75, 3.05) is 0 Å². The molecule has 1 aliphatic heterocycles. The van der Waals surface area contributed by atoms with E-state index in [0.717, 1.165) is 5.56 Å². The molecule has 1 saturated carbocycles. The fourth-order valence-corrected chi connectivity index (χ4v) is 7.05. The third-order valence-corrected chi connectivity index (χ3v) is 8.80. The van der Waals surface area contributed by atoms with E-state index in [9.17, 15) is 24.6 Å². The average Bonchev–Trinajstić information content (AvgIpc) is 3.10. The number of esters is 1. The molecule has 0 bridgehead atoms. The first-order valence-corrected chi connectivity index (χ1v) is 13.2. The van der Waals surface area contributed by atoms with E-state index in [-0.39, 0.29) is 24.3 Å². The van der Waals surface area contributed by atoms with E-state index < -0.39 is 52.7 Å². The van der Waals surface area contributed by atoms with Crippen LogP contribution in [0.3, 0.4) is 0 Å². The van der Waals surface area contributed by atoms with Crippen LogP contribution in [0.5, 0.6) is 0 Å². The smallest absolute Gasteiger partial charge is 0.303 e. The summed E-state index contributed by atoms with van der Waals surface area (Å²) in [6, 6.07) is 9.42. The number of carbonyl (C=O) groups excluding carboxylic acids is 3. The number of carbonyl (C=O) groups is 3. The first-order valence-electron chi connectivity index (χ1n) is 13.2. The Morgan fingerprint density at radius 3 is 2.54 bits per heavy atom. The minimum absolute atomic E-state index is 0.00958. The second-order valence-corrected chi connectivity index (χ2v) is 11.6. The van der Waals surface area contributed by atoms with Gasteiger partial charge in [0.05, 0.1) is 11.7 Å². The minimum atomic E-state index is -1.59. The molecule has 9 atom stereocenters. The van der Waals surface area contributed by atoms with Gasteiger partial charge in [-0.05, 0) is 49.2 Å². The van der Waals surface area contributed by atoms with Crippen LogP contribution in [-0.2, 0) is 25.5 Å². The molecule has 7 nitrogen and oxygen atoms in total. The highest BCUT2D eigenvalue weighted by Crippen LogP contribution is 2.57. The van der Waals surface area contributed by atoms with E-state index in [1.54, 1.807) is 13.0 Å². The van der Waals surface area contributed by atoms with Gasteiger partial charge < -0.3 is 20.3 Å². The van der Waals surface area contributed by atoms with Crippen molar-refractivity contribution in [1.82, 2.24) is 5.32 Å². The highest BCUT2D eigenvalue weighted by Gasteiger charge is 2.68. The lowest BCUT2D eigenvalue weighted by molar-refractivity contribution is -0.169. The van der Waals surface area contributed by atoms with Crippen LogP contribution in [0.15, 0.2) is 54.6 Å². The van der Waals surface area contributed by atoms with Gasteiger partial charge in [-0.15, -0.1) is 0 Å². The van der Waals surface area contributed by atoms with Gasteiger partial charge in [0.25, 0.3) is 0 Å². The van der Waals surface area contributed by atoms with Gasteiger partial charge in [-0.3, -0.25) is 14.4 Å². The molecule has 3 N–H and O–H groups in total. The zero-order chi connectivity index (χ0) is 27.1. The Balaban J connectivity index is 1.86. The van der Waals surface area contributed by atoms with Crippen molar-refractivity contribution >= 4 is 17.7 Å². The van der Waals surface area contributed by atoms with Crippen molar-refractivity contribution in [3.63, 3.8) is 0 Å². The maximum absolute atomic E-state index is 14.4. The fourth-order valence-electron chi connectivity index (χ4n) is 7.05. The number of aliphatic hydroxyl groups excluding tert-OH is 1. The molecule has 0 aromatic heterocycles. The fraction of sp³-hybridized carbons (Fsp3) is 0.567. The summed E-state index contributed by atoms with van der Waals surface area (Å²) in [5.74, 6) is -3.07. The van der Waals surface area contributed by atoms with Crippen molar-refractivity contribution in [3.8, 4) is 0 Å². The molecule has 1 spiro atoms. The standard InChI is InChI=1S/C30H39NO6/c1-17-10-9-13-22-27(34)19(3)18(2)26-23(14-21-11-7-6-8-12-21)31-28(35)30(22,26)24(33)15-25(37-20(4)32)29(5,36)16-17/h6-9,11-13,17-18,22-23,25-27,34,36H,3,10,14-16H2,1-2,4-5H3,(H,31,35)/t17-,18+,22-,23-,25+,26-,27+,29-,30-/m0/s1. The number of ether oxygens (including phenoxy) is 1. The largest absolute Gasteiger partial charge is 0.459 e. The number of allylic oxidation sites excluding steroid dienone is 1. The highest BCUT2D eigenvalue weighted by molar-refractivity contribution is 6.09. The van der Waals surface area contributed by atoms with Crippen LogP contribution in [0.4, 0.5) is 0 Å². The zero-order valence-corrected chi connectivity index (χ0v) is 22.1. The van der Waals surface area contributed by atoms with E-state index in [0.29, 0.717) is 24.8 Å². The molecule has 1 aromatic carbocycles. The molecule has 0 unspecified atom stereocenters. The monoisotopic (exact) mass is 509 g/mol. The van der Waals surface area contributed by atoms with Gasteiger partial charge in [-0.2, -0.15) is 0 Å². The van der Waals surface area contributed by atoms with Gasteiger partial charge in [-0.25, -0.2) is 0 Å². The van der Waals surface area contributed by atoms with Gasteiger partial charge in [-0.1, -0.05) is 62.9 Å². The SMILES string of the molecule is C=C1[C@@H](C)[C@H]2[C@H](Cc3ccccc3)NC(=O)[C@@]23C(=O)C[C@@H](OC(C)=O)[C@@](C)(O)C[C@@H](C)CC=C[C@H]3[C@@H]1O. The number of nitrogens with one attached hydrogen (secondary N) is 1. The summed E-state index contributed by atoms with van der Waals surface area (Å²) in [7, 11) is 0. The number of ketones is 1. The zero-order valence-electron chi connectivity index (χ0n) is 22.1. The molecule has 37 heavy (non-hydrogen) atoms. The van der Waals surface area contributed by atoms with E-state index >= 15 is 0 Å². The normalized spacial score (nSPS) is 40.3. The van der Waals surface area contributed by atoms with Gasteiger partial charge in [0.2, 0.25) is 5.91 Å². The Morgan fingerprint density at radius 1 is 1.22 bits per heavy atom. The van der Waals surface area contributed by atoms with E-state index in [1.165, 1.54) is 6.92 Å². The summed E-state index contributed by atoms with van der Waals surface area (Å²) >= 11 is 0. The maximum atomic E-state index is 14.4. The summed E-state index contributed by atoms with van der Waals surface area (Å²) in [5, 5.41) is 25.9. The summed E-state index contributed by atoms with van der Waals surface area (Å²) in [4.78, 5) is 40.4. The Bertz CT molecular complexity index is 1090.